The molecule has 0 aliphatic heterocycles. The molecule has 0 bridgehead atoms. The van der Waals surface area contributed by atoms with E-state index >= 15 is 0 Å². The molecular formula is C13H22N4O. The zero-order valence-corrected chi connectivity index (χ0v) is 11.4. The van der Waals surface area contributed by atoms with E-state index in [4.69, 9.17) is 10.5 Å². The first-order valence-electron chi connectivity index (χ1n) is 6.54. The van der Waals surface area contributed by atoms with Gasteiger partial charge in [0.2, 0.25) is 5.88 Å². The van der Waals surface area contributed by atoms with Gasteiger partial charge in [0.05, 0.1) is 7.11 Å². The Labute approximate surface area is 108 Å². The van der Waals surface area contributed by atoms with E-state index in [1.54, 1.807) is 7.11 Å². The lowest BCUT2D eigenvalue weighted by Gasteiger charge is -2.25. The molecule has 0 aromatic carbocycles. The van der Waals surface area contributed by atoms with Crippen molar-refractivity contribution < 1.29 is 4.74 Å². The summed E-state index contributed by atoms with van der Waals surface area (Å²) >= 11 is 0. The molecule has 1 fully saturated rings. The predicted molar refractivity (Wildman–Crippen MR) is 72.8 cm³/mol. The Balaban J connectivity index is 2.19. The molecule has 0 radical (unpaired) electrons. The van der Waals surface area contributed by atoms with Crippen LogP contribution in [0.15, 0.2) is 6.33 Å². The summed E-state index contributed by atoms with van der Waals surface area (Å²) in [5.74, 6) is 1.97. The summed E-state index contributed by atoms with van der Waals surface area (Å²) in [5, 5.41) is 0. The highest BCUT2D eigenvalue weighted by Crippen LogP contribution is 2.36. The summed E-state index contributed by atoms with van der Waals surface area (Å²) in [6.07, 6.45) is 5.12. The smallest absolute Gasteiger partial charge is 0.242 e. The number of hydrogen-bond donors (Lipinski definition) is 1. The molecular weight excluding hydrogens is 228 g/mol. The summed E-state index contributed by atoms with van der Waals surface area (Å²) in [4.78, 5) is 10.7. The third kappa shape index (κ3) is 2.83. The Morgan fingerprint density at radius 3 is 2.72 bits per heavy atom. The molecule has 1 aromatic heterocycles. The fourth-order valence-corrected chi connectivity index (χ4v) is 2.01. The first kappa shape index (κ1) is 12.9. The van der Waals surface area contributed by atoms with Gasteiger partial charge in [-0.15, -0.1) is 0 Å². The Morgan fingerprint density at radius 1 is 1.44 bits per heavy atom. The van der Waals surface area contributed by atoms with Crippen molar-refractivity contribution in [2.45, 2.75) is 39.2 Å². The number of rotatable bonds is 6. The van der Waals surface area contributed by atoms with Crippen molar-refractivity contribution in [3.8, 4) is 5.88 Å². The van der Waals surface area contributed by atoms with Crippen LogP contribution in [0.25, 0.3) is 0 Å². The Morgan fingerprint density at radius 2 is 2.17 bits per heavy atom. The minimum Gasteiger partial charge on any atom is -0.479 e. The van der Waals surface area contributed by atoms with Gasteiger partial charge in [-0.05, 0) is 25.2 Å². The van der Waals surface area contributed by atoms with Gasteiger partial charge in [0.1, 0.15) is 12.0 Å². The van der Waals surface area contributed by atoms with Gasteiger partial charge in [-0.2, -0.15) is 4.98 Å². The van der Waals surface area contributed by atoms with E-state index in [-0.39, 0.29) is 0 Å². The highest BCUT2D eigenvalue weighted by atomic mass is 16.5. The Bertz CT molecular complexity index is 404. The third-order valence-electron chi connectivity index (χ3n) is 3.23. The first-order valence-corrected chi connectivity index (χ1v) is 6.54. The second kappa shape index (κ2) is 5.42. The molecule has 1 saturated carbocycles. The number of methoxy groups -OCH3 is 1. The molecule has 1 heterocycles. The van der Waals surface area contributed by atoms with Crippen molar-refractivity contribution in [2.24, 2.45) is 5.92 Å². The van der Waals surface area contributed by atoms with Gasteiger partial charge >= 0.3 is 0 Å². The number of hydrogen-bond acceptors (Lipinski definition) is 5. The molecule has 1 aliphatic carbocycles. The zero-order valence-electron chi connectivity index (χ0n) is 11.4. The van der Waals surface area contributed by atoms with Crippen molar-refractivity contribution in [1.29, 1.82) is 0 Å². The Hall–Kier alpha value is -1.52. The van der Waals surface area contributed by atoms with Crippen LogP contribution in [-0.2, 0) is 0 Å². The molecule has 0 saturated heterocycles. The predicted octanol–water partition coefficient (Wildman–Crippen LogP) is 2.08. The van der Waals surface area contributed by atoms with Crippen LogP contribution < -0.4 is 15.4 Å². The quantitative estimate of drug-likeness (QED) is 0.837. The molecule has 0 unspecified atom stereocenters. The summed E-state index contributed by atoms with van der Waals surface area (Å²) in [7, 11) is 1.58. The lowest BCUT2D eigenvalue weighted by atomic mass is 10.1. The van der Waals surface area contributed by atoms with Crippen molar-refractivity contribution in [1.82, 2.24) is 9.97 Å². The van der Waals surface area contributed by atoms with E-state index < -0.39 is 0 Å². The van der Waals surface area contributed by atoms with Crippen molar-refractivity contribution >= 4 is 11.5 Å². The number of nitrogen functional groups attached to an aromatic ring is 1. The van der Waals surface area contributed by atoms with E-state index in [9.17, 15) is 0 Å². The standard InChI is InChI=1S/C13H22N4O/c1-9(2)6-7-17(10-4-5-10)12-11(14)13(18-3)16-8-15-12/h8-10H,4-7,14H2,1-3H3. The molecule has 5 nitrogen and oxygen atoms in total. The monoisotopic (exact) mass is 250 g/mol. The normalized spacial score (nSPS) is 14.9. The summed E-state index contributed by atoms with van der Waals surface area (Å²) in [6.45, 7) is 5.46. The van der Waals surface area contributed by atoms with Gasteiger partial charge in [-0.3, -0.25) is 0 Å². The molecule has 100 valence electrons. The number of anilines is 2. The Kier molecular flexibility index (Phi) is 3.89. The van der Waals surface area contributed by atoms with Crippen molar-refractivity contribution in [3.63, 3.8) is 0 Å². The van der Waals surface area contributed by atoms with Crippen LogP contribution in [0, 0.1) is 5.92 Å². The van der Waals surface area contributed by atoms with Crippen LogP contribution in [-0.4, -0.2) is 29.7 Å². The first-order chi connectivity index (χ1) is 8.63. The van der Waals surface area contributed by atoms with Crippen LogP contribution in [0.3, 0.4) is 0 Å². The average molecular weight is 250 g/mol. The molecule has 0 spiro atoms. The van der Waals surface area contributed by atoms with Gasteiger partial charge < -0.3 is 15.4 Å². The van der Waals surface area contributed by atoms with E-state index in [1.165, 1.54) is 19.2 Å². The number of ether oxygens (including phenoxy) is 1. The number of nitrogens with zero attached hydrogens (tertiary/aromatic N) is 3. The van der Waals surface area contributed by atoms with Gasteiger partial charge in [0.25, 0.3) is 0 Å². The van der Waals surface area contributed by atoms with E-state index in [2.05, 4.69) is 28.7 Å². The van der Waals surface area contributed by atoms with Crippen molar-refractivity contribution in [3.05, 3.63) is 6.33 Å². The van der Waals surface area contributed by atoms with Gasteiger partial charge in [0, 0.05) is 12.6 Å². The van der Waals surface area contributed by atoms with E-state index in [1.807, 2.05) is 0 Å². The maximum absolute atomic E-state index is 6.08. The summed E-state index contributed by atoms with van der Waals surface area (Å²) in [5.41, 5.74) is 6.63. The highest BCUT2D eigenvalue weighted by Gasteiger charge is 2.31. The molecule has 0 atom stereocenters. The van der Waals surface area contributed by atoms with Crippen LogP contribution in [0.1, 0.15) is 33.1 Å². The number of aromatic nitrogens is 2. The number of nitrogens with two attached hydrogens (primary N) is 1. The third-order valence-corrected chi connectivity index (χ3v) is 3.23. The van der Waals surface area contributed by atoms with Crippen LogP contribution in [0.2, 0.25) is 0 Å². The van der Waals surface area contributed by atoms with E-state index in [0.29, 0.717) is 23.5 Å². The van der Waals surface area contributed by atoms with Gasteiger partial charge in [-0.1, -0.05) is 13.8 Å². The lowest BCUT2D eigenvalue weighted by Crippen LogP contribution is -2.29. The second-order valence-corrected chi connectivity index (χ2v) is 5.23. The van der Waals surface area contributed by atoms with Crippen LogP contribution in [0.4, 0.5) is 11.5 Å². The zero-order chi connectivity index (χ0) is 13.1. The molecule has 0 amide bonds. The summed E-state index contributed by atoms with van der Waals surface area (Å²) in [6, 6.07) is 0.589. The maximum atomic E-state index is 6.08. The molecule has 2 N–H and O–H groups in total. The molecule has 5 heteroatoms. The molecule has 2 rings (SSSR count). The van der Waals surface area contributed by atoms with Gasteiger partial charge in [0.15, 0.2) is 5.82 Å². The summed E-state index contributed by atoms with van der Waals surface area (Å²) < 4.78 is 5.16. The topological polar surface area (TPSA) is 64.3 Å². The van der Waals surface area contributed by atoms with Crippen molar-refractivity contribution in [2.75, 3.05) is 24.3 Å². The van der Waals surface area contributed by atoms with Crippen LogP contribution >= 0.6 is 0 Å². The SMILES string of the molecule is COc1ncnc(N(CCC(C)C)C2CC2)c1N. The molecule has 1 aliphatic rings. The van der Waals surface area contributed by atoms with Gasteiger partial charge in [-0.25, -0.2) is 4.98 Å². The highest BCUT2D eigenvalue weighted by molar-refractivity contribution is 5.68. The fourth-order valence-electron chi connectivity index (χ4n) is 2.01. The minimum atomic E-state index is 0.468. The fraction of sp³-hybridized carbons (Fsp3) is 0.692. The molecule has 18 heavy (non-hydrogen) atoms. The van der Waals surface area contributed by atoms with E-state index in [0.717, 1.165) is 18.8 Å². The second-order valence-electron chi connectivity index (χ2n) is 5.23. The lowest BCUT2D eigenvalue weighted by molar-refractivity contribution is 0.399. The molecule has 1 aromatic rings. The minimum absolute atomic E-state index is 0.468. The largest absolute Gasteiger partial charge is 0.479 e. The maximum Gasteiger partial charge on any atom is 0.242 e. The average Bonchev–Trinajstić information content (AvgIpc) is 3.15. The van der Waals surface area contributed by atoms with Crippen LogP contribution in [0.5, 0.6) is 5.88 Å².